The lowest BCUT2D eigenvalue weighted by Crippen LogP contribution is -2.08. The molecule has 2 aromatic carbocycles. The fraction of sp³-hybridized carbons (Fsp3) is 0. The Labute approximate surface area is 112 Å². The third-order valence-corrected chi connectivity index (χ3v) is 2.53. The fourth-order valence-corrected chi connectivity index (χ4v) is 1.63. The highest BCUT2D eigenvalue weighted by molar-refractivity contribution is 5.69. The van der Waals surface area contributed by atoms with Crippen molar-refractivity contribution in [1.82, 2.24) is 0 Å². The maximum Gasteiger partial charge on any atom is 0.273 e. The lowest BCUT2D eigenvalue weighted by atomic mass is 10.2. The number of nitro groups is 1. The standard InChI is InChI=1S/C12H10F2N4O2/c13-10-2-1-3-11(14)12(10)16-7-4-8(17-15)6-9(5-7)18(19)20/h1-6,16-17H,15H2. The number of rotatable bonds is 4. The summed E-state index contributed by atoms with van der Waals surface area (Å²) in [4.78, 5) is 10.1. The van der Waals surface area contributed by atoms with Gasteiger partial charge in [0.2, 0.25) is 0 Å². The third-order valence-electron chi connectivity index (χ3n) is 2.53. The summed E-state index contributed by atoms with van der Waals surface area (Å²) in [5.41, 5.74) is 1.96. The number of para-hydroxylation sites is 1. The first kappa shape index (κ1) is 13.7. The van der Waals surface area contributed by atoms with Crippen molar-refractivity contribution in [2.24, 2.45) is 5.84 Å². The molecule has 0 spiro atoms. The van der Waals surface area contributed by atoms with Gasteiger partial charge in [-0.2, -0.15) is 0 Å². The molecule has 0 unspecified atom stereocenters. The number of halogens is 2. The van der Waals surface area contributed by atoms with Crippen molar-refractivity contribution in [3.8, 4) is 0 Å². The van der Waals surface area contributed by atoms with Gasteiger partial charge in [0.15, 0.2) is 0 Å². The molecule has 104 valence electrons. The molecule has 2 aromatic rings. The van der Waals surface area contributed by atoms with Crippen molar-refractivity contribution < 1.29 is 13.7 Å². The first-order valence-electron chi connectivity index (χ1n) is 5.48. The van der Waals surface area contributed by atoms with Crippen LogP contribution in [0.5, 0.6) is 0 Å². The number of nitrogens with two attached hydrogens (primary N) is 1. The molecule has 0 saturated heterocycles. The van der Waals surface area contributed by atoms with Gasteiger partial charge < -0.3 is 10.7 Å². The minimum atomic E-state index is -0.807. The molecule has 0 heterocycles. The maximum absolute atomic E-state index is 13.5. The molecule has 0 aromatic heterocycles. The predicted molar refractivity (Wildman–Crippen MR) is 70.5 cm³/mol. The highest BCUT2D eigenvalue weighted by atomic mass is 19.1. The molecule has 0 atom stereocenters. The molecule has 0 fully saturated rings. The normalized spacial score (nSPS) is 10.2. The summed E-state index contributed by atoms with van der Waals surface area (Å²) in [6, 6.07) is 7.10. The SMILES string of the molecule is NNc1cc(Nc2c(F)cccc2F)cc([N+](=O)[O-])c1. The molecule has 0 aliphatic carbocycles. The van der Waals surface area contributed by atoms with E-state index in [0.717, 1.165) is 18.2 Å². The first-order chi connectivity index (χ1) is 9.51. The van der Waals surface area contributed by atoms with E-state index in [2.05, 4.69) is 10.7 Å². The summed E-state index contributed by atoms with van der Waals surface area (Å²) in [5, 5.41) is 13.2. The fourth-order valence-electron chi connectivity index (χ4n) is 1.63. The van der Waals surface area contributed by atoms with Gasteiger partial charge in [-0.25, -0.2) is 8.78 Å². The molecule has 0 aliphatic heterocycles. The van der Waals surface area contributed by atoms with E-state index in [1.54, 1.807) is 0 Å². The quantitative estimate of drug-likeness (QED) is 0.455. The van der Waals surface area contributed by atoms with Crippen LogP contribution in [-0.2, 0) is 0 Å². The van der Waals surface area contributed by atoms with Gasteiger partial charge in [-0.1, -0.05) is 6.07 Å². The molecule has 0 radical (unpaired) electrons. The van der Waals surface area contributed by atoms with Gasteiger partial charge in [0.05, 0.1) is 10.6 Å². The van der Waals surface area contributed by atoms with Gasteiger partial charge in [-0.15, -0.1) is 0 Å². The summed E-state index contributed by atoms with van der Waals surface area (Å²) in [7, 11) is 0. The lowest BCUT2D eigenvalue weighted by molar-refractivity contribution is -0.384. The largest absolute Gasteiger partial charge is 0.350 e. The summed E-state index contributed by atoms with van der Waals surface area (Å²) < 4.78 is 27.0. The number of non-ortho nitro benzene ring substituents is 1. The molecule has 2 rings (SSSR count). The highest BCUT2D eigenvalue weighted by Gasteiger charge is 2.13. The summed E-state index contributed by atoms with van der Waals surface area (Å²) in [6.45, 7) is 0. The summed E-state index contributed by atoms with van der Waals surface area (Å²) in [6.07, 6.45) is 0. The molecule has 6 nitrogen and oxygen atoms in total. The first-order valence-corrected chi connectivity index (χ1v) is 5.48. The minimum Gasteiger partial charge on any atom is -0.350 e. The summed E-state index contributed by atoms with van der Waals surface area (Å²) >= 11 is 0. The van der Waals surface area contributed by atoms with Crippen LogP contribution in [0.2, 0.25) is 0 Å². The van der Waals surface area contributed by atoms with E-state index >= 15 is 0 Å². The van der Waals surface area contributed by atoms with E-state index in [1.165, 1.54) is 18.2 Å². The van der Waals surface area contributed by atoms with Crippen molar-refractivity contribution in [3.63, 3.8) is 0 Å². The van der Waals surface area contributed by atoms with Crippen LogP contribution in [-0.4, -0.2) is 4.92 Å². The molecule has 20 heavy (non-hydrogen) atoms. The maximum atomic E-state index is 13.5. The molecule has 0 bridgehead atoms. The predicted octanol–water partition coefficient (Wildman–Crippen LogP) is 2.90. The van der Waals surface area contributed by atoms with Crippen LogP contribution in [0, 0.1) is 21.7 Å². The Hall–Kier alpha value is -2.74. The molecular formula is C12H10F2N4O2. The number of nitrogens with zero attached hydrogens (tertiary/aromatic N) is 1. The Morgan fingerprint density at radius 3 is 2.25 bits per heavy atom. The average molecular weight is 280 g/mol. The second kappa shape index (κ2) is 5.49. The second-order valence-electron chi connectivity index (χ2n) is 3.89. The number of hydrogen-bond donors (Lipinski definition) is 3. The summed E-state index contributed by atoms with van der Waals surface area (Å²) in [5.74, 6) is 3.58. The van der Waals surface area contributed by atoms with Gasteiger partial charge >= 0.3 is 0 Å². The van der Waals surface area contributed by atoms with Crippen LogP contribution in [0.1, 0.15) is 0 Å². The topological polar surface area (TPSA) is 93.2 Å². The van der Waals surface area contributed by atoms with Gasteiger partial charge in [-0.05, 0) is 18.2 Å². The van der Waals surface area contributed by atoms with Gasteiger partial charge in [0.1, 0.15) is 17.3 Å². The van der Waals surface area contributed by atoms with Crippen LogP contribution < -0.4 is 16.6 Å². The third kappa shape index (κ3) is 2.81. The van der Waals surface area contributed by atoms with Crippen molar-refractivity contribution >= 4 is 22.7 Å². The number of hydrogen-bond acceptors (Lipinski definition) is 5. The zero-order chi connectivity index (χ0) is 14.7. The second-order valence-corrected chi connectivity index (χ2v) is 3.89. The lowest BCUT2D eigenvalue weighted by Gasteiger charge is -2.10. The smallest absolute Gasteiger partial charge is 0.273 e. The Balaban J connectivity index is 2.43. The van der Waals surface area contributed by atoms with Crippen LogP contribution >= 0.6 is 0 Å². The monoisotopic (exact) mass is 280 g/mol. The van der Waals surface area contributed by atoms with Gasteiger partial charge in [0.25, 0.3) is 5.69 Å². The number of benzene rings is 2. The van der Waals surface area contributed by atoms with E-state index in [4.69, 9.17) is 5.84 Å². The van der Waals surface area contributed by atoms with E-state index in [1.807, 2.05) is 0 Å². The van der Waals surface area contributed by atoms with Crippen LogP contribution in [0.15, 0.2) is 36.4 Å². The zero-order valence-corrected chi connectivity index (χ0v) is 10.1. The van der Waals surface area contributed by atoms with Crippen molar-refractivity contribution in [3.05, 3.63) is 58.1 Å². The Kier molecular flexibility index (Phi) is 3.76. The molecule has 0 amide bonds. The van der Waals surface area contributed by atoms with Crippen molar-refractivity contribution in [2.75, 3.05) is 10.7 Å². The van der Waals surface area contributed by atoms with Crippen molar-refractivity contribution in [2.45, 2.75) is 0 Å². The minimum absolute atomic E-state index is 0.135. The Bertz CT molecular complexity index is 644. The number of nitro benzene ring substituents is 1. The van der Waals surface area contributed by atoms with E-state index in [-0.39, 0.29) is 17.1 Å². The van der Waals surface area contributed by atoms with Gasteiger partial charge in [-0.3, -0.25) is 16.0 Å². The Morgan fingerprint density at radius 1 is 1.10 bits per heavy atom. The number of nitrogen functional groups attached to an aromatic ring is 1. The van der Waals surface area contributed by atoms with E-state index in [0.29, 0.717) is 0 Å². The van der Waals surface area contributed by atoms with E-state index in [9.17, 15) is 18.9 Å². The molecule has 8 heteroatoms. The number of nitrogens with one attached hydrogen (secondary N) is 2. The van der Waals surface area contributed by atoms with Crippen LogP contribution in [0.25, 0.3) is 0 Å². The van der Waals surface area contributed by atoms with E-state index < -0.39 is 22.2 Å². The molecular weight excluding hydrogens is 270 g/mol. The molecule has 0 saturated carbocycles. The highest BCUT2D eigenvalue weighted by Crippen LogP contribution is 2.28. The average Bonchev–Trinajstić information content (AvgIpc) is 2.42. The molecule has 4 N–H and O–H groups in total. The van der Waals surface area contributed by atoms with Crippen LogP contribution in [0.4, 0.5) is 31.5 Å². The number of anilines is 3. The molecule has 0 aliphatic rings. The van der Waals surface area contributed by atoms with Crippen molar-refractivity contribution in [1.29, 1.82) is 0 Å². The zero-order valence-electron chi connectivity index (χ0n) is 10.1. The van der Waals surface area contributed by atoms with Gasteiger partial charge in [0, 0.05) is 17.8 Å². The van der Waals surface area contributed by atoms with Crippen LogP contribution in [0.3, 0.4) is 0 Å². The Morgan fingerprint density at radius 2 is 1.70 bits per heavy atom. The number of hydrazine groups is 1.